The van der Waals surface area contributed by atoms with Crippen LogP contribution in [0.2, 0.25) is 0 Å². The van der Waals surface area contributed by atoms with E-state index in [-0.39, 0.29) is 18.6 Å². The summed E-state index contributed by atoms with van der Waals surface area (Å²) in [7, 11) is 0. The molecule has 0 radical (unpaired) electrons. The molecule has 2 aliphatic rings. The summed E-state index contributed by atoms with van der Waals surface area (Å²) in [5, 5.41) is 0. The van der Waals surface area contributed by atoms with Crippen LogP contribution in [0.3, 0.4) is 0 Å². The van der Waals surface area contributed by atoms with Gasteiger partial charge in [0.2, 0.25) is 12.7 Å². The molecule has 7 heteroatoms. The van der Waals surface area contributed by atoms with Gasteiger partial charge in [0.1, 0.15) is 11.6 Å². The Morgan fingerprint density at radius 3 is 2.73 bits per heavy atom. The molecule has 1 saturated heterocycles. The van der Waals surface area contributed by atoms with E-state index in [2.05, 4.69) is 36.6 Å². The van der Waals surface area contributed by atoms with Crippen molar-refractivity contribution < 1.29 is 19.0 Å². The van der Waals surface area contributed by atoms with E-state index >= 15 is 0 Å². The largest absolute Gasteiger partial charge is 0.493 e. The standard InChI is InChI=1S/C30H31N3O4/c1-20(2)23-8-3-6-11-26(23)35-15-7-14-32-25-10-5-4-9-24(25)31-30(32)21-16-29(34)33(18-21)22-12-13-27-28(17-22)37-19-36-27/h3-6,8-13,17,20-21H,7,14-16,18-19H2,1-2H3. The maximum atomic E-state index is 13.1. The van der Waals surface area contributed by atoms with Crippen molar-refractivity contribution in [3.63, 3.8) is 0 Å². The Hall–Kier alpha value is -4.00. The highest BCUT2D eigenvalue weighted by Gasteiger charge is 2.35. The fourth-order valence-corrected chi connectivity index (χ4v) is 5.32. The van der Waals surface area contributed by atoms with Crippen molar-refractivity contribution in [2.24, 2.45) is 0 Å². The number of amides is 1. The number of carbonyl (C=O) groups excluding carboxylic acids is 1. The number of anilines is 1. The van der Waals surface area contributed by atoms with Crippen LogP contribution >= 0.6 is 0 Å². The highest BCUT2D eigenvalue weighted by molar-refractivity contribution is 5.97. The number of aromatic nitrogens is 2. The Morgan fingerprint density at radius 1 is 1.03 bits per heavy atom. The Bertz CT molecular complexity index is 1440. The number of nitrogens with zero attached hydrogens (tertiary/aromatic N) is 3. The van der Waals surface area contributed by atoms with Gasteiger partial charge >= 0.3 is 0 Å². The number of benzene rings is 3. The summed E-state index contributed by atoms with van der Waals surface area (Å²) in [4.78, 5) is 19.9. The number of imidazole rings is 1. The lowest BCUT2D eigenvalue weighted by molar-refractivity contribution is -0.117. The number of ether oxygens (including phenoxy) is 3. The van der Waals surface area contributed by atoms with Crippen molar-refractivity contribution in [3.05, 3.63) is 78.1 Å². The van der Waals surface area contributed by atoms with Crippen LogP contribution in [-0.2, 0) is 11.3 Å². The summed E-state index contributed by atoms with van der Waals surface area (Å²) in [6.45, 7) is 6.55. The van der Waals surface area contributed by atoms with E-state index in [1.165, 1.54) is 5.56 Å². The average molecular weight is 498 g/mol. The smallest absolute Gasteiger partial charge is 0.231 e. The third kappa shape index (κ3) is 4.50. The normalized spacial score (nSPS) is 16.8. The van der Waals surface area contributed by atoms with Gasteiger partial charge in [0.05, 0.1) is 17.6 Å². The van der Waals surface area contributed by atoms with Crippen LogP contribution in [0.15, 0.2) is 66.7 Å². The second-order valence-electron chi connectivity index (χ2n) is 9.95. The number of carbonyl (C=O) groups is 1. The van der Waals surface area contributed by atoms with Gasteiger partial charge in [-0.1, -0.05) is 44.2 Å². The number of para-hydroxylation sites is 3. The molecule has 2 aliphatic heterocycles. The number of hydrogen-bond acceptors (Lipinski definition) is 5. The molecule has 3 heterocycles. The third-order valence-electron chi connectivity index (χ3n) is 7.17. The summed E-state index contributed by atoms with van der Waals surface area (Å²) in [5.74, 6) is 3.82. The van der Waals surface area contributed by atoms with Crippen LogP contribution in [0.1, 0.15) is 49.9 Å². The molecule has 6 rings (SSSR count). The molecule has 0 spiro atoms. The molecule has 1 aromatic heterocycles. The van der Waals surface area contributed by atoms with Crippen LogP contribution in [0, 0.1) is 0 Å². The molecule has 0 aliphatic carbocycles. The molecule has 37 heavy (non-hydrogen) atoms. The molecular weight excluding hydrogens is 466 g/mol. The molecule has 0 saturated carbocycles. The summed E-state index contributed by atoms with van der Waals surface area (Å²) in [5.41, 5.74) is 4.10. The topological polar surface area (TPSA) is 65.8 Å². The minimum atomic E-state index is 0.00732. The Labute approximate surface area is 216 Å². The van der Waals surface area contributed by atoms with Gasteiger partial charge in [0.15, 0.2) is 11.5 Å². The van der Waals surface area contributed by atoms with Crippen LogP contribution in [0.5, 0.6) is 17.2 Å². The second kappa shape index (κ2) is 9.81. The highest BCUT2D eigenvalue weighted by Crippen LogP contribution is 2.39. The minimum Gasteiger partial charge on any atom is -0.493 e. The first kappa shape index (κ1) is 23.4. The van der Waals surface area contributed by atoms with Crippen molar-refractivity contribution in [2.45, 2.75) is 45.1 Å². The van der Waals surface area contributed by atoms with Crippen LogP contribution < -0.4 is 19.1 Å². The predicted molar refractivity (Wildman–Crippen MR) is 143 cm³/mol. The molecule has 1 fully saturated rings. The lowest BCUT2D eigenvalue weighted by Crippen LogP contribution is -2.24. The lowest BCUT2D eigenvalue weighted by atomic mass is 10.0. The highest BCUT2D eigenvalue weighted by atomic mass is 16.7. The van der Waals surface area contributed by atoms with Gasteiger partial charge in [0.25, 0.3) is 0 Å². The lowest BCUT2D eigenvalue weighted by Gasteiger charge is -2.18. The summed E-state index contributed by atoms with van der Waals surface area (Å²) < 4.78 is 19.4. The van der Waals surface area contributed by atoms with Gasteiger partial charge in [-0.3, -0.25) is 4.79 Å². The fourth-order valence-electron chi connectivity index (χ4n) is 5.32. The maximum Gasteiger partial charge on any atom is 0.231 e. The molecule has 4 aromatic rings. The molecule has 0 bridgehead atoms. The molecule has 1 atom stereocenters. The molecule has 0 N–H and O–H groups in total. The zero-order chi connectivity index (χ0) is 25.4. The SMILES string of the molecule is CC(C)c1ccccc1OCCCn1c(C2CC(=O)N(c3ccc4c(c3)OCO4)C2)nc2ccccc21. The van der Waals surface area contributed by atoms with E-state index in [1.54, 1.807) is 0 Å². The summed E-state index contributed by atoms with van der Waals surface area (Å²) >= 11 is 0. The van der Waals surface area contributed by atoms with E-state index in [1.807, 2.05) is 53.4 Å². The third-order valence-corrected chi connectivity index (χ3v) is 7.17. The number of hydrogen-bond donors (Lipinski definition) is 0. The quantitative estimate of drug-likeness (QED) is 0.285. The van der Waals surface area contributed by atoms with Gasteiger partial charge in [-0.15, -0.1) is 0 Å². The molecule has 1 unspecified atom stereocenters. The van der Waals surface area contributed by atoms with Gasteiger partial charge < -0.3 is 23.7 Å². The first-order valence-electron chi connectivity index (χ1n) is 13.0. The average Bonchev–Trinajstić information content (AvgIpc) is 3.63. The maximum absolute atomic E-state index is 13.1. The predicted octanol–water partition coefficient (Wildman–Crippen LogP) is 5.88. The minimum absolute atomic E-state index is 0.00732. The van der Waals surface area contributed by atoms with Gasteiger partial charge in [-0.05, 0) is 48.2 Å². The Morgan fingerprint density at radius 2 is 1.84 bits per heavy atom. The van der Waals surface area contributed by atoms with Crippen molar-refractivity contribution in [1.82, 2.24) is 9.55 Å². The summed E-state index contributed by atoms with van der Waals surface area (Å²) in [6.07, 6.45) is 1.27. The van der Waals surface area contributed by atoms with E-state index in [9.17, 15) is 4.79 Å². The first-order valence-corrected chi connectivity index (χ1v) is 13.0. The van der Waals surface area contributed by atoms with Gasteiger partial charge in [-0.2, -0.15) is 0 Å². The van der Waals surface area contributed by atoms with Crippen molar-refractivity contribution in [2.75, 3.05) is 24.8 Å². The molecular formula is C30H31N3O4. The van der Waals surface area contributed by atoms with E-state index in [0.717, 1.165) is 41.3 Å². The molecule has 190 valence electrons. The van der Waals surface area contributed by atoms with Gasteiger partial charge in [-0.25, -0.2) is 4.98 Å². The van der Waals surface area contributed by atoms with Crippen LogP contribution in [0.4, 0.5) is 5.69 Å². The number of rotatable bonds is 8. The molecule has 1 amide bonds. The molecule has 3 aromatic carbocycles. The Balaban J connectivity index is 1.20. The molecule has 7 nitrogen and oxygen atoms in total. The summed E-state index contributed by atoms with van der Waals surface area (Å²) in [6, 6.07) is 22.1. The van der Waals surface area contributed by atoms with Crippen LogP contribution in [-0.4, -0.2) is 35.4 Å². The van der Waals surface area contributed by atoms with Crippen molar-refractivity contribution >= 4 is 22.6 Å². The van der Waals surface area contributed by atoms with E-state index < -0.39 is 0 Å². The van der Waals surface area contributed by atoms with Crippen molar-refractivity contribution in [1.29, 1.82) is 0 Å². The zero-order valence-corrected chi connectivity index (χ0v) is 21.2. The van der Waals surface area contributed by atoms with Crippen molar-refractivity contribution in [3.8, 4) is 17.2 Å². The second-order valence-corrected chi connectivity index (χ2v) is 9.95. The van der Waals surface area contributed by atoms with E-state index in [4.69, 9.17) is 19.2 Å². The van der Waals surface area contributed by atoms with Gasteiger partial charge in [0, 0.05) is 37.2 Å². The van der Waals surface area contributed by atoms with E-state index in [0.29, 0.717) is 37.0 Å². The zero-order valence-electron chi connectivity index (χ0n) is 21.2. The number of fused-ring (bicyclic) bond motifs is 2. The monoisotopic (exact) mass is 497 g/mol. The Kier molecular flexibility index (Phi) is 6.20. The number of aryl methyl sites for hydroxylation is 1. The fraction of sp³-hybridized carbons (Fsp3) is 0.333. The van der Waals surface area contributed by atoms with Crippen LogP contribution in [0.25, 0.3) is 11.0 Å². The first-order chi connectivity index (χ1) is 18.1.